The normalized spacial score (nSPS) is 12.6. The smallest absolute Gasteiger partial charge is 0.0792 e. The van der Waals surface area contributed by atoms with Crippen LogP contribution in [0.3, 0.4) is 0 Å². The van der Waals surface area contributed by atoms with Gasteiger partial charge in [-0.05, 0) is 19.3 Å². The minimum Gasteiger partial charge on any atom is -0.396 e. The summed E-state index contributed by atoms with van der Waals surface area (Å²) in [6.07, 6.45) is 0.703. The quantitative estimate of drug-likeness (QED) is 0.188. The first-order chi connectivity index (χ1) is 11.8. The Bertz CT molecular complexity index is 201. The van der Waals surface area contributed by atoms with Gasteiger partial charge in [-0.2, -0.15) is 0 Å². The molecule has 0 amide bonds. The van der Waals surface area contributed by atoms with Gasteiger partial charge in [0.05, 0.1) is 52.4 Å². The Morgan fingerprint density at radius 2 is 0.880 bits per heavy atom. The summed E-state index contributed by atoms with van der Waals surface area (Å²) >= 11 is 0. The molecule has 0 aromatic carbocycles. The van der Waals surface area contributed by atoms with E-state index >= 15 is 0 Å². The molecule has 9 N–H and O–H groups in total. The van der Waals surface area contributed by atoms with Crippen LogP contribution < -0.4 is 0 Å². The molecule has 0 radical (unpaired) electrons. The van der Waals surface area contributed by atoms with Crippen LogP contribution in [-0.2, 0) is 0 Å². The summed E-state index contributed by atoms with van der Waals surface area (Å²) in [5.74, 6) is 0. The van der Waals surface area contributed by atoms with E-state index in [1.54, 1.807) is 0 Å². The molecule has 9 heteroatoms. The fourth-order valence-electron chi connectivity index (χ4n) is 1.21. The highest BCUT2D eigenvalue weighted by atomic mass is 16.3. The molecule has 0 spiro atoms. The van der Waals surface area contributed by atoms with Crippen LogP contribution in [0.4, 0.5) is 0 Å². The van der Waals surface area contributed by atoms with Gasteiger partial charge in [0.25, 0.3) is 0 Å². The molecule has 0 saturated carbocycles. The number of hydrogen-bond acceptors (Lipinski definition) is 9. The van der Waals surface area contributed by atoms with Gasteiger partial charge in [0.1, 0.15) is 0 Å². The van der Waals surface area contributed by atoms with Crippen molar-refractivity contribution in [3.8, 4) is 0 Å². The molecule has 156 valence electrons. The van der Waals surface area contributed by atoms with Crippen molar-refractivity contribution in [2.75, 3.05) is 52.9 Å². The van der Waals surface area contributed by atoms with Crippen LogP contribution in [0.15, 0.2) is 0 Å². The summed E-state index contributed by atoms with van der Waals surface area (Å²) in [6.45, 7) is 2.38. The van der Waals surface area contributed by atoms with E-state index in [1.807, 2.05) is 13.8 Å². The predicted octanol–water partition coefficient (Wildman–Crippen LogP) is -2.56. The lowest BCUT2D eigenvalue weighted by atomic mass is 9.88. The highest BCUT2D eigenvalue weighted by Gasteiger charge is 2.25. The van der Waals surface area contributed by atoms with E-state index in [4.69, 9.17) is 46.0 Å². The lowest BCUT2D eigenvalue weighted by Crippen LogP contribution is -2.32. The maximum atomic E-state index is 8.66. The Balaban J connectivity index is -0.000000293. The molecule has 0 aromatic rings. The second-order valence-electron chi connectivity index (χ2n) is 6.00. The Morgan fingerprint density at radius 1 is 0.600 bits per heavy atom. The van der Waals surface area contributed by atoms with E-state index in [2.05, 4.69) is 0 Å². The molecule has 0 saturated heterocycles. The molecule has 0 rings (SSSR count). The number of hydrogen-bond donors (Lipinski definition) is 9. The molecule has 1 atom stereocenters. The monoisotopic (exact) mass is 374 g/mol. The fourth-order valence-corrected chi connectivity index (χ4v) is 1.21. The van der Waals surface area contributed by atoms with Gasteiger partial charge < -0.3 is 46.0 Å². The summed E-state index contributed by atoms with van der Waals surface area (Å²) in [6, 6.07) is 0. The van der Waals surface area contributed by atoms with Crippen molar-refractivity contribution >= 4 is 0 Å². The molecule has 0 fully saturated rings. The van der Waals surface area contributed by atoms with Gasteiger partial charge in [-0.25, -0.2) is 0 Å². The van der Waals surface area contributed by atoms with Crippen molar-refractivity contribution in [3.05, 3.63) is 0 Å². The van der Waals surface area contributed by atoms with Crippen molar-refractivity contribution in [3.63, 3.8) is 0 Å². The highest BCUT2D eigenvalue weighted by Crippen LogP contribution is 2.18. The average molecular weight is 374 g/mol. The minimum absolute atomic E-state index is 0.0677. The molecule has 0 aliphatic rings. The van der Waals surface area contributed by atoms with E-state index in [9.17, 15) is 0 Å². The maximum Gasteiger partial charge on any atom is 0.0792 e. The van der Waals surface area contributed by atoms with Crippen LogP contribution in [0, 0.1) is 10.8 Å². The molecular weight excluding hydrogens is 336 g/mol. The summed E-state index contributed by atoms with van der Waals surface area (Å²) in [4.78, 5) is 0. The summed E-state index contributed by atoms with van der Waals surface area (Å²) in [5, 5.41) is 76.6. The number of aliphatic hydroxyl groups excluding tert-OH is 9. The Labute approximate surface area is 149 Å². The predicted molar refractivity (Wildman–Crippen MR) is 92.8 cm³/mol. The Morgan fingerprint density at radius 3 is 0.920 bits per heavy atom. The average Bonchev–Trinajstić information content (AvgIpc) is 2.67. The maximum absolute atomic E-state index is 8.66. The third kappa shape index (κ3) is 13.5. The van der Waals surface area contributed by atoms with Gasteiger partial charge in [0, 0.05) is 17.4 Å². The first-order valence-electron chi connectivity index (χ1n) is 8.35. The summed E-state index contributed by atoms with van der Waals surface area (Å²) in [7, 11) is 0. The van der Waals surface area contributed by atoms with Gasteiger partial charge in [0.15, 0.2) is 0 Å². The van der Waals surface area contributed by atoms with Crippen LogP contribution in [0.25, 0.3) is 0 Å². The zero-order chi connectivity index (χ0) is 20.4. The lowest BCUT2D eigenvalue weighted by molar-refractivity contribution is 0.00275. The number of aliphatic hydroxyl groups is 9. The van der Waals surface area contributed by atoms with Crippen LogP contribution in [-0.4, -0.2) is 105 Å². The molecule has 1 unspecified atom stereocenters. The Kier molecular flexibility index (Phi) is 21.7. The van der Waals surface area contributed by atoms with Gasteiger partial charge in [-0.1, -0.05) is 13.8 Å². The third-order valence-electron chi connectivity index (χ3n) is 4.19. The molecule has 9 nitrogen and oxygen atoms in total. The second kappa shape index (κ2) is 18.4. The largest absolute Gasteiger partial charge is 0.396 e. The van der Waals surface area contributed by atoms with E-state index in [-0.39, 0.29) is 59.3 Å². The zero-order valence-corrected chi connectivity index (χ0v) is 15.4. The molecule has 0 aliphatic carbocycles. The molecule has 0 aromatic heterocycles. The summed E-state index contributed by atoms with van der Waals surface area (Å²) in [5.41, 5.74) is -1.33. The second-order valence-corrected chi connectivity index (χ2v) is 6.00. The number of rotatable bonds is 11. The van der Waals surface area contributed by atoms with Crippen LogP contribution >= 0.6 is 0 Å². The first-order valence-corrected chi connectivity index (χ1v) is 8.35. The van der Waals surface area contributed by atoms with Gasteiger partial charge in [0.2, 0.25) is 0 Å². The first kappa shape index (κ1) is 29.4. The zero-order valence-electron chi connectivity index (χ0n) is 15.4. The highest BCUT2D eigenvalue weighted by molar-refractivity contribution is 4.74. The van der Waals surface area contributed by atoms with Gasteiger partial charge in [-0.15, -0.1) is 0 Å². The van der Waals surface area contributed by atoms with Gasteiger partial charge in [-0.3, -0.25) is 0 Å². The molecule has 0 heterocycles. The standard InChI is InChI=1S/2C6H14O3.C4H10O3/c2*1-2-6(3-7,4-8)5-9;5-2-1-4(7)3-6/h2*7-9H,2-5H2,1H3;4-7H,1-3H2. The SMILES string of the molecule is CCC(CO)(CO)CO.CCC(CO)(CO)CO.OCCC(O)CO. The topological polar surface area (TPSA) is 182 Å². The van der Waals surface area contributed by atoms with E-state index in [1.165, 1.54) is 0 Å². The molecule has 0 bridgehead atoms. The molecule has 0 aliphatic heterocycles. The molecule has 25 heavy (non-hydrogen) atoms. The van der Waals surface area contributed by atoms with E-state index < -0.39 is 16.9 Å². The van der Waals surface area contributed by atoms with Crippen molar-refractivity contribution in [1.29, 1.82) is 0 Å². The van der Waals surface area contributed by atoms with Crippen molar-refractivity contribution in [1.82, 2.24) is 0 Å². The van der Waals surface area contributed by atoms with E-state index in [0.717, 1.165) is 0 Å². The van der Waals surface area contributed by atoms with Crippen LogP contribution in [0.5, 0.6) is 0 Å². The van der Waals surface area contributed by atoms with Crippen LogP contribution in [0.2, 0.25) is 0 Å². The van der Waals surface area contributed by atoms with Crippen molar-refractivity contribution < 1.29 is 46.0 Å². The minimum atomic E-state index is -0.745. The van der Waals surface area contributed by atoms with Crippen molar-refractivity contribution in [2.24, 2.45) is 10.8 Å². The van der Waals surface area contributed by atoms with E-state index in [0.29, 0.717) is 12.8 Å². The third-order valence-corrected chi connectivity index (χ3v) is 4.19. The van der Waals surface area contributed by atoms with Gasteiger partial charge >= 0.3 is 0 Å². The van der Waals surface area contributed by atoms with Crippen molar-refractivity contribution in [2.45, 2.75) is 39.2 Å². The molecular formula is C16H38O9. The van der Waals surface area contributed by atoms with Crippen LogP contribution in [0.1, 0.15) is 33.1 Å². The lowest BCUT2D eigenvalue weighted by Gasteiger charge is -2.24. The fraction of sp³-hybridized carbons (Fsp3) is 1.00. The Hall–Kier alpha value is -0.360. The summed E-state index contributed by atoms with van der Waals surface area (Å²) < 4.78 is 0.